The first kappa shape index (κ1) is 14.1. The van der Waals surface area contributed by atoms with Crippen molar-refractivity contribution in [3.63, 3.8) is 0 Å². The first-order chi connectivity index (χ1) is 8.91. The van der Waals surface area contributed by atoms with Crippen molar-refractivity contribution in [2.24, 2.45) is 0 Å². The van der Waals surface area contributed by atoms with E-state index in [1.54, 1.807) is 17.0 Å². The molecule has 2 heterocycles. The maximum Gasteiger partial charge on any atom is 0.289 e. The number of piperazine rings is 1. The van der Waals surface area contributed by atoms with Gasteiger partial charge < -0.3 is 9.32 Å². The predicted molar refractivity (Wildman–Crippen MR) is 70.4 cm³/mol. The minimum absolute atomic E-state index is 0.173. The molecule has 7 heteroatoms. The second kappa shape index (κ2) is 5.34. The number of hydrogen-bond acceptors (Lipinski definition) is 4. The van der Waals surface area contributed by atoms with Gasteiger partial charge >= 0.3 is 0 Å². The van der Waals surface area contributed by atoms with E-state index in [-0.39, 0.29) is 5.91 Å². The van der Waals surface area contributed by atoms with Gasteiger partial charge in [-0.2, -0.15) is 4.31 Å². The minimum atomic E-state index is -3.17. The molecule has 0 unspecified atom stereocenters. The average Bonchev–Trinajstić information content (AvgIpc) is 2.86. The second-order valence-corrected chi connectivity index (χ2v) is 6.56. The van der Waals surface area contributed by atoms with E-state index in [9.17, 15) is 13.2 Å². The highest BCUT2D eigenvalue weighted by Crippen LogP contribution is 2.14. The molecule has 0 N–H and O–H groups in total. The lowest BCUT2D eigenvalue weighted by molar-refractivity contribution is 0.0664. The lowest BCUT2D eigenvalue weighted by atomic mass is 10.3. The van der Waals surface area contributed by atoms with Gasteiger partial charge in [0.05, 0.1) is 6.26 Å². The minimum Gasteiger partial charge on any atom is -0.456 e. The summed E-state index contributed by atoms with van der Waals surface area (Å²) < 4.78 is 29.6. The summed E-state index contributed by atoms with van der Waals surface area (Å²) in [6, 6.07) is 3.46. The molecule has 1 fully saturated rings. The van der Waals surface area contributed by atoms with Crippen molar-refractivity contribution in [1.82, 2.24) is 9.21 Å². The Bertz CT molecular complexity index is 556. The van der Waals surface area contributed by atoms with Gasteiger partial charge in [0.15, 0.2) is 5.76 Å². The van der Waals surface area contributed by atoms with E-state index in [1.165, 1.54) is 10.6 Å². The van der Waals surface area contributed by atoms with Crippen molar-refractivity contribution in [2.45, 2.75) is 13.3 Å². The lowest BCUT2D eigenvalue weighted by Crippen LogP contribution is -2.50. The molecule has 0 spiro atoms. The number of carbonyl (C=O) groups is 1. The van der Waals surface area contributed by atoms with Crippen molar-refractivity contribution >= 4 is 15.9 Å². The van der Waals surface area contributed by atoms with Crippen LogP contribution in [0.25, 0.3) is 0 Å². The number of aryl methyl sites for hydroxylation is 1. The molecule has 1 amide bonds. The molecule has 0 saturated carbocycles. The summed E-state index contributed by atoms with van der Waals surface area (Å²) in [5.41, 5.74) is 0. The van der Waals surface area contributed by atoms with Crippen LogP contribution in [0.5, 0.6) is 0 Å². The zero-order valence-corrected chi connectivity index (χ0v) is 11.9. The van der Waals surface area contributed by atoms with Crippen LogP contribution in [0.4, 0.5) is 0 Å². The largest absolute Gasteiger partial charge is 0.456 e. The van der Waals surface area contributed by atoms with Crippen LogP contribution in [-0.2, 0) is 16.4 Å². The first-order valence-corrected chi connectivity index (χ1v) is 8.09. The quantitative estimate of drug-likeness (QED) is 0.814. The molecule has 6 nitrogen and oxygen atoms in total. The van der Waals surface area contributed by atoms with Gasteiger partial charge in [-0.05, 0) is 12.1 Å². The van der Waals surface area contributed by atoms with E-state index in [2.05, 4.69) is 0 Å². The summed E-state index contributed by atoms with van der Waals surface area (Å²) in [6.07, 6.45) is 1.93. The summed E-state index contributed by atoms with van der Waals surface area (Å²) >= 11 is 0. The number of hydrogen-bond donors (Lipinski definition) is 0. The van der Waals surface area contributed by atoms with E-state index < -0.39 is 10.0 Å². The number of sulfonamides is 1. The molecule has 1 aliphatic heterocycles. The van der Waals surface area contributed by atoms with Crippen molar-refractivity contribution in [3.8, 4) is 0 Å². The number of carbonyl (C=O) groups excluding carboxylic acids is 1. The highest BCUT2D eigenvalue weighted by Gasteiger charge is 2.27. The normalized spacial score (nSPS) is 17.7. The van der Waals surface area contributed by atoms with Gasteiger partial charge in [0.25, 0.3) is 5.91 Å². The van der Waals surface area contributed by atoms with Gasteiger partial charge in [0, 0.05) is 32.6 Å². The van der Waals surface area contributed by atoms with E-state index >= 15 is 0 Å². The summed E-state index contributed by atoms with van der Waals surface area (Å²) in [6.45, 7) is 3.43. The Morgan fingerprint density at radius 2 is 1.89 bits per heavy atom. The second-order valence-electron chi connectivity index (χ2n) is 4.57. The van der Waals surface area contributed by atoms with Gasteiger partial charge in [-0.25, -0.2) is 8.42 Å². The summed E-state index contributed by atoms with van der Waals surface area (Å²) in [7, 11) is -3.17. The Labute approximate surface area is 113 Å². The summed E-state index contributed by atoms with van der Waals surface area (Å²) in [5, 5.41) is 0. The molecule has 2 rings (SSSR count). The maximum atomic E-state index is 12.1. The van der Waals surface area contributed by atoms with Crippen molar-refractivity contribution in [3.05, 3.63) is 23.7 Å². The molecule has 0 atom stereocenters. The Balaban J connectivity index is 1.99. The van der Waals surface area contributed by atoms with Crippen LogP contribution in [0.2, 0.25) is 0 Å². The zero-order valence-electron chi connectivity index (χ0n) is 11.1. The topological polar surface area (TPSA) is 70.8 Å². The van der Waals surface area contributed by atoms with Crippen LogP contribution < -0.4 is 0 Å². The molecule has 0 bridgehead atoms. The zero-order chi connectivity index (χ0) is 14.0. The summed E-state index contributed by atoms with van der Waals surface area (Å²) in [4.78, 5) is 13.8. The standard InChI is InChI=1S/C12H18N2O4S/c1-3-10-4-5-11(18-10)12(15)13-6-8-14(9-7-13)19(2,16)17/h4-5H,3,6-9H2,1-2H3. The Morgan fingerprint density at radius 1 is 1.26 bits per heavy atom. The van der Waals surface area contributed by atoms with E-state index in [0.29, 0.717) is 31.9 Å². The van der Waals surface area contributed by atoms with E-state index in [1.807, 2.05) is 6.92 Å². The summed E-state index contributed by atoms with van der Waals surface area (Å²) in [5.74, 6) is 0.927. The van der Waals surface area contributed by atoms with E-state index in [4.69, 9.17) is 4.42 Å². The smallest absolute Gasteiger partial charge is 0.289 e. The van der Waals surface area contributed by atoms with Crippen LogP contribution in [0.1, 0.15) is 23.2 Å². The SMILES string of the molecule is CCc1ccc(C(=O)N2CCN(S(C)(=O)=O)CC2)o1. The van der Waals surface area contributed by atoms with Crippen LogP contribution in [0, 0.1) is 0 Å². The Morgan fingerprint density at radius 3 is 2.37 bits per heavy atom. The maximum absolute atomic E-state index is 12.1. The van der Waals surface area contributed by atoms with Crippen LogP contribution >= 0.6 is 0 Å². The van der Waals surface area contributed by atoms with Crippen molar-refractivity contribution in [1.29, 1.82) is 0 Å². The molecule has 106 valence electrons. The first-order valence-electron chi connectivity index (χ1n) is 6.25. The van der Waals surface area contributed by atoms with Crippen LogP contribution in [0.15, 0.2) is 16.5 Å². The number of furan rings is 1. The van der Waals surface area contributed by atoms with Crippen LogP contribution in [-0.4, -0.2) is 56.0 Å². The highest BCUT2D eigenvalue weighted by atomic mass is 32.2. The molecule has 0 aromatic carbocycles. The third kappa shape index (κ3) is 3.16. The fraction of sp³-hybridized carbons (Fsp3) is 0.583. The highest BCUT2D eigenvalue weighted by molar-refractivity contribution is 7.88. The molecule has 1 aromatic heterocycles. The fourth-order valence-corrected chi connectivity index (χ4v) is 2.89. The number of rotatable bonds is 3. The Hall–Kier alpha value is -1.34. The molecule has 0 radical (unpaired) electrons. The van der Waals surface area contributed by atoms with Gasteiger partial charge in [-0.1, -0.05) is 6.92 Å². The van der Waals surface area contributed by atoms with Crippen molar-refractivity contribution < 1.29 is 17.6 Å². The fourth-order valence-electron chi connectivity index (χ4n) is 2.06. The molecule has 1 saturated heterocycles. The lowest BCUT2D eigenvalue weighted by Gasteiger charge is -2.32. The molecule has 1 aliphatic rings. The van der Waals surface area contributed by atoms with E-state index in [0.717, 1.165) is 12.2 Å². The van der Waals surface area contributed by atoms with Crippen molar-refractivity contribution in [2.75, 3.05) is 32.4 Å². The third-order valence-corrected chi connectivity index (χ3v) is 4.52. The molecule has 0 aliphatic carbocycles. The molecular weight excluding hydrogens is 268 g/mol. The predicted octanol–water partition coefficient (Wildman–Crippen LogP) is 0.559. The third-order valence-electron chi connectivity index (χ3n) is 3.22. The average molecular weight is 286 g/mol. The van der Waals surface area contributed by atoms with Gasteiger partial charge in [-0.15, -0.1) is 0 Å². The molecule has 19 heavy (non-hydrogen) atoms. The monoisotopic (exact) mass is 286 g/mol. The number of amides is 1. The van der Waals surface area contributed by atoms with Gasteiger partial charge in [0.2, 0.25) is 10.0 Å². The van der Waals surface area contributed by atoms with Crippen LogP contribution in [0.3, 0.4) is 0 Å². The Kier molecular flexibility index (Phi) is 3.96. The number of nitrogens with zero attached hydrogens (tertiary/aromatic N) is 2. The molecule has 1 aromatic rings. The molecular formula is C12H18N2O4S. The van der Waals surface area contributed by atoms with Gasteiger partial charge in [-0.3, -0.25) is 4.79 Å². The van der Waals surface area contributed by atoms with Gasteiger partial charge in [0.1, 0.15) is 5.76 Å².